The van der Waals surface area contributed by atoms with Gasteiger partial charge >= 0.3 is 0 Å². The van der Waals surface area contributed by atoms with Crippen LogP contribution in [0.25, 0.3) is 11.3 Å². The molecule has 0 saturated carbocycles. The van der Waals surface area contributed by atoms with Crippen LogP contribution in [0.15, 0.2) is 40.1 Å². The van der Waals surface area contributed by atoms with Crippen molar-refractivity contribution in [1.82, 2.24) is 9.97 Å². The second-order valence-electron chi connectivity index (χ2n) is 5.21. The summed E-state index contributed by atoms with van der Waals surface area (Å²) in [6.07, 6.45) is 10.9. The van der Waals surface area contributed by atoms with E-state index in [-0.39, 0.29) is 5.91 Å². The van der Waals surface area contributed by atoms with Crippen LogP contribution >= 0.6 is 11.3 Å². The highest BCUT2D eigenvalue weighted by atomic mass is 32.1. The lowest BCUT2D eigenvalue weighted by Gasteiger charge is -2.07. The summed E-state index contributed by atoms with van der Waals surface area (Å²) in [6.45, 7) is 0. The van der Waals surface area contributed by atoms with E-state index in [1.165, 1.54) is 11.3 Å². The summed E-state index contributed by atoms with van der Waals surface area (Å²) in [5.41, 5.74) is 1.38. The summed E-state index contributed by atoms with van der Waals surface area (Å²) < 4.78 is 0. The first-order valence-corrected chi connectivity index (χ1v) is 8.12. The predicted octanol–water partition coefficient (Wildman–Crippen LogP) is 3.50. The Hall–Kier alpha value is -2.59. The summed E-state index contributed by atoms with van der Waals surface area (Å²) in [6, 6.07) is 3.76. The molecule has 1 amide bonds. The first-order valence-electron chi connectivity index (χ1n) is 7.24. The SMILES string of the molecule is C#CCCC1(CCC(=O)Nc2nc(-c3ccncc3)cs2)N=N1. The zero-order valence-electron chi connectivity index (χ0n) is 12.4. The van der Waals surface area contributed by atoms with Gasteiger partial charge in [-0.2, -0.15) is 10.2 Å². The lowest BCUT2D eigenvalue weighted by atomic mass is 10.0. The number of nitrogens with one attached hydrogen (secondary N) is 1. The molecule has 1 N–H and O–H groups in total. The number of carbonyl (C=O) groups excluding carboxylic acids is 1. The number of amides is 1. The van der Waals surface area contributed by atoms with Crippen molar-refractivity contribution < 1.29 is 4.79 Å². The third kappa shape index (κ3) is 3.99. The fourth-order valence-corrected chi connectivity index (χ4v) is 2.89. The first kappa shape index (κ1) is 15.3. The van der Waals surface area contributed by atoms with Crippen LogP contribution in [-0.4, -0.2) is 21.5 Å². The van der Waals surface area contributed by atoms with E-state index < -0.39 is 5.66 Å². The van der Waals surface area contributed by atoms with Crippen molar-refractivity contribution >= 4 is 22.4 Å². The number of thiazole rings is 1. The van der Waals surface area contributed by atoms with Gasteiger partial charge in [-0.25, -0.2) is 4.98 Å². The summed E-state index contributed by atoms with van der Waals surface area (Å²) in [7, 11) is 0. The summed E-state index contributed by atoms with van der Waals surface area (Å²) >= 11 is 1.40. The van der Waals surface area contributed by atoms with Crippen molar-refractivity contribution in [2.24, 2.45) is 10.2 Å². The van der Waals surface area contributed by atoms with Gasteiger partial charge in [0.15, 0.2) is 10.8 Å². The maximum atomic E-state index is 12.0. The van der Waals surface area contributed by atoms with Gasteiger partial charge in [0.05, 0.1) is 5.69 Å². The third-order valence-electron chi connectivity index (χ3n) is 3.53. The van der Waals surface area contributed by atoms with Gasteiger partial charge in [0.25, 0.3) is 0 Å². The number of carbonyl (C=O) groups is 1. The molecule has 1 aliphatic heterocycles. The number of nitrogens with zero attached hydrogens (tertiary/aromatic N) is 4. The number of anilines is 1. The number of terminal acetylenes is 1. The van der Waals surface area contributed by atoms with E-state index in [1.54, 1.807) is 12.4 Å². The number of aromatic nitrogens is 2. The number of hydrogen-bond acceptors (Lipinski definition) is 6. The van der Waals surface area contributed by atoms with Crippen LogP contribution in [0.5, 0.6) is 0 Å². The van der Waals surface area contributed by atoms with E-state index in [1.807, 2.05) is 17.5 Å². The molecule has 1 aliphatic rings. The van der Waals surface area contributed by atoms with Crippen molar-refractivity contribution in [1.29, 1.82) is 0 Å². The van der Waals surface area contributed by atoms with Gasteiger partial charge < -0.3 is 5.32 Å². The molecule has 2 aromatic rings. The van der Waals surface area contributed by atoms with E-state index in [9.17, 15) is 4.79 Å². The fourth-order valence-electron chi connectivity index (χ4n) is 2.15. The summed E-state index contributed by atoms with van der Waals surface area (Å²) in [5.74, 6) is 2.49. The van der Waals surface area contributed by atoms with Crippen LogP contribution in [0.3, 0.4) is 0 Å². The molecule has 23 heavy (non-hydrogen) atoms. The Bertz CT molecular complexity index is 756. The normalized spacial score (nSPS) is 14.2. The number of hydrogen-bond donors (Lipinski definition) is 1. The van der Waals surface area contributed by atoms with Gasteiger partial charge in [-0.05, 0) is 12.1 Å². The number of rotatable bonds is 7. The van der Waals surface area contributed by atoms with E-state index in [2.05, 4.69) is 31.4 Å². The van der Waals surface area contributed by atoms with Gasteiger partial charge in [-0.3, -0.25) is 9.78 Å². The second-order valence-corrected chi connectivity index (χ2v) is 6.07. The molecule has 3 heterocycles. The molecule has 0 radical (unpaired) electrons. The Morgan fingerprint density at radius 3 is 2.78 bits per heavy atom. The number of pyridine rings is 1. The molecule has 0 atom stereocenters. The lowest BCUT2D eigenvalue weighted by molar-refractivity contribution is -0.116. The highest BCUT2D eigenvalue weighted by Gasteiger charge is 2.39. The van der Waals surface area contributed by atoms with Crippen molar-refractivity contribution in [3.8, 4) is 23.6 Å². The van der Waals surface area contributed by atoms with Crippen molar-refractivity contribution in [2.75, 3.05) is 5.32 Å². The molecule has 3 rings (SSSR count). The molecule has 0 bridgehead atoms. The minimum Gasteiger partial charge on any atom is -0.302 e. The summed E-state index contributed by atoms with van der Waals surface area (Å²) in [4.78, 5) is 20.4. The van der Waals surface area contributed by atoms with Crippen molar-refractivity contribution in [3.63, 3.8) is 0 Å². The first-order chi connectivity index (χ1) is 11.2. The maximum Gasteiger partial charge on any atom is 0.226 e. The van der Waals surface area contributed by atoms with Crippen LogP contribution in [0.4, 0.5) is 5.13 Å². The zero-order chi connectivity index (χ0) is 16.1. The Morgan fingerprint density at radius 1 is 1.30 bits per heavy atom. The van der Waals surface area contributed by atoms with Gasteiger partial charge in [0, 0.05) is 49.0 Å². The largest absolute Gasteiger partial charge is 0.302 e. The quantitative estimate of drug-likeness (QED) is 0.791. The molecule has 0 aliphatic carbocycles. The van der Waals surface area contributed by atoms with E-state index in [4.69, 9.17) is 6.42 Å². The average Bonchev–Trinajstić information content (AvgIpc) is 3.21. The van der Waals surface area contributed by atoms with Gasteiger partial charge in [0.1, 0.15) is 0 Å². The molecule has 0 aromatic carbocycles. The van der Waals surface area contributed by atoms with Crippen LogP contribution in [0.2, 0.25) is 0 Å². The van der Waals surface area contributed by atoms with Crippen LogP contribution in [0, 0.1) is 12.3 Å². The maximum absolute atomic E-state index is 12.0. The Balaban J connectivity index is 1.51. The summed E-state index contributed by atoms with van der Waals surface area (Å²) in [5, 5.41) is 13.4. The minimum atomic E-state index is -0.422. The zero-order valence-corrected chi connectivity index (χ0v) is 13.2. The monoisotopic (exact) mass is 325 g/mol. The molecule has 7 heteroatoms. The Morgan fingerprint density at radius 2 is 2.09 bits per heavy atom. The van der Waals surface area contributed by atoms with E-state index in [0.29, 0.717) is 30.8 Å². The molecular weight excluding hydrogens is 310 g/mol. The molecule has 116 valence electrons. The lowest BCUT2D eigenvalue weighted by Crippen LogP contribution is -2.17. The molecule has 0 unspecified atom stereocenters. The van der Waals surface area contributed by atoms with Crippen LogP contribution < -0.4 is 5.32 Å². The van der Waals surface area contributed by atoms with Crippen molar-refractivity contribution in [3.05, 3.63) is 29.9 Å². The van der Waals surface area contributed by atoms with Crippen LogP contribution in [-0.2, 0) is 4.79 Å². The highest BCUT2D eigenvalue weighted by Crippen LogP contribution is 2.37. The molecular formula is C16H15N5OS. The Labute approximate surface area is 138 Å². The average molecular weight is 325 g/mol. The molecule has 6 nitrogen and oxygen atoms in total. The standard InChI is InChI=1S/C16H15N5OS/c1-2-3-7-16(20-21-16)8-4-14(22)19-15-18-13(11-23-15)12-5-9-17-10-6-12/h1,5-6,9-11H,3-4,7-8H2,(H,18,19,22). The fraction of sp³-hybridized carbons (Fsp3) is 0.312. The predicted molar refractivity (Wildman–Crippen MR) is 88.9 cm³/mol. The molecule has 0 fully saturated rings. The third-order valence-corrected chi connectivity index (χ3v) is 4.29. The second kappa shape index (κ2) is 6.67. The van der Waals surface area contributed by atoms with E-state index in [0.717, 1.165) is 11.3 Å². The molecule has 0 saturated heterocycles. The van der Waals surface area contributed by atoms with Crippen molar-refractivity contribution in [2.45, 2.75) is 31.3 Å². The van der Waals surface area contributed by atoms with E-state index >= 15 is 0 Å². The minimum absolute atomic E-state index is 0.0852. The smallest absolute Gasteiger partial charge is 0.226 e. The molecule has 0 spiro atoms. The van der Waals surface area contributed by atoms with Gasteiger partial charge in [-0.15, -0.1) is 23.7 Å². The highest BCUT2D eigenvalue weighted by molar-refractivity contribution is 7.14. The molecule has 2 aromatic heterocycles. The van der Waals surface area contributed by atoms with Gasteiger partial charge in [0.2, 0.25) is 5.91 Å². The van der Waals surface area contributed by atoms with Crippen LogP contribution in [0.1, 0.15) is 25.7 Å². The topological polar surface area (TPSA) is 79.6 Å². The van der Waals surface area contributed by atoms with Gasteiger partial charge in [-0.1, -0.05) is 0 Å². The Kier molecular flexibility index (Phi) is 4.44.